The number of carbonyl (C=O) groups is 2. The summed E-state index contributed by atoms with van der Waals surface area (Å²) in [6.07, 6.45) is 2.86. The molecular weight excluding hydrogens is 246 g/mol. The standard InChI is InChI=1S/C14H17NO4/c1-18-12(16)9-14(6-3-7-14)19-11-5-2-4-10(8-11)13(15)17/h2,4-5,8H,3,6-7,9H2,1H3,(H2,15,17). The average Bonchev–Trinajstić information content (AvgIpc) is 2.36. The fourth-order valence-corrected chi connectivity index (χ4v) is 2.18. The smallest absolute Gasteiger partial charge is 0.309 e. The first-order valence-electron chi connectivity index (χ1n) is 6.20. The fraction of sp³-hybridized carbons (Fsp3) is 0.429. The normalized spacial score (nSPS) is 16.3. The number of amides is 1. The van der Waals surface area contributed by atoms with Crippen LogP contribution in [0.3, 0.4) is 0 Å². The molecule has 0 aliphatic heterocycles. The summed E-state index contributed by atoms with van der Waals surface area (Å²) in [5.41, 5.74) is 5.12. The van der Waals surface area contributed by atoms with Crippen molar-refractivity contribution in [2.24, 2.45) is 5.73 Å². The minimum absolute atomic E-state index is 0.226. The number of carbonyl (C=O) groups excluding carboxylic acids is 2. The van der Waals surface area contributed by atoms with Crippen LogP contribution in [0.25, 0.3) is 0 Å². The molecule has 0 heterocycles. The maximum atomic E-state index is 11.4. The molecule has 0 atom stereocenters. The highest BCUT2D eigenvalue weighted by Gasteiger charge is 2.41. The molecule has 5 nitrogen and oxygen atoms in total. The largest absolute Gasteiger partial charge is 0.487 e. The van der Waals surface area contributed by atoms with Crippen LogP contribution < -0.4 is 10.5 Å². The van der Waals surface area contributed by atoms with Crippen LogP contribution in [0.15, 0.2) is 24.3 Å². The van der Waals surface area contributed by atoms with E-state index in [4.69, 9.17) is 10.5 Å². The van der Waals surface area contributed by atoms with Crippen molar-refractivity contribution in [1.29, 1.82) is 0 Å². The molecule has 0 unspecified atom stereocenters. The molecular formula is C14H17NO4. The van der Waals surface area contributed by atoms with E-state index in [0.717, 1.165) is 19.3 Å². The summed E-state index contributed by atoms with van der Waals surface area (Å²) in [4.78, 5) is 22.5. The summed E-state index contributed by atoms with van der Waals surface area (Å²) in [6.45, 7) is 0. The topological polar surface area (TPSA) is 78.6 Å². The molecule has 5 heteroatoms. The van der Waals surface area contributed by atoms with E-state index >= 15 is 0 Å². The summed E-state index contributed by atoms with van der Waals surface area (Å²) in [6, 6.07) is 6.69. The van der Waals surface area contributed by atoms with Gasteiger partial charge in [-0.05, 0) is 37.5 Å². The third-order valence-electron chi connectivity index (χ3n) is 3.41. The van der Waals surface area contributed by atoms with Gasteiger partial charge in [0.1, 0.15) is 11.4 Å². The van der Waals surface area contributed by atoms with Gasteiger partial charge < -0.3 is 15.2 Å². The van der Waals surface area contributed by atoms with Crippen LogP contribution in [-0.2, 0) is 9.53 Å². The van der Waals surface area contributed by atoms with Gasteiger partial charge in [-0.25, -0.2) is 0 Å². The Balaban J connectivity index is 2.12. The van der Waals surface area contributed by atoms with Crippen LogP contribution in [-0.4, -0.2) is 24.6 Å². The first-order chi connectivity index (χ1) is 9.04. The van der Waals surface area contributed by atoms with Crippen LogP contribution in [0.1, 0.15) is 36.0 Å². The molecule has 1 fully saturated rings. The summed E-state index contributed by atoms with van der Waals surface area (Å²) in [5.74, 6) is -0.230. The zero-order valence-electron chi connectivity index (χ0n) is 10.8. The van der Waals surface area contributed by atoms with E-state index < -0.39 is 11.5 Å². The van der Waals surface area contributed by atoms with E-state index in [0.29, 0.717) is 11.3 Å². The summed E-state index contributed by atoms with van der Waals surface area (Å²) in [5, 5.41) is 0. The number of ether oxygens (including phenoxy) is 2. The van der Waals surface area contributed by atoms with Crippen molar-refractivity contribution in [1.82, 2.24) is 0 Å². The van der Waals surface area contributed by atoms with Crippen LogP contribution in [0.2, 0.25) is 0 Å². The van der Waals surface area contributed by atoms with Crippen molar-refractivity contribution in [3.05, 3.63) is 29.8 Å². The van der Waals surface area contributed by atoms with Crippen molar-refractivity contribution < 1.29 is 19.1 Å². The van der Waals surface area contributed by atoms with Crippen molar-refractivity contribution in [3.63, 3.8) is 0 Å². The second-order valence-corrected chi connectivity index (χ2v) is 4.78. The van der Waals surface area contributed by atoms with Crippen molar-refractivity contribution in [2.75, 3.05) is 7.11 Å². The quantitative estimate of drug-likeness (QED) is 0.819. The number of hydrogen-bond donors (Lipinski definition) is 1. The number of rotatable bonds is 5. The van der Waals surface area contributed by atoms with Crippen molar-refractivity contribution >= 4 is 11.9 Å². The third kappa shape index (κ3) is 3.05. The van der Waals surface area contributed by atoms with E-state index in [1.807, 2.05) is 0 Å². The van der Waals surface area contributed by atoms with E-state index in [9.17, 15) is 9.59 Å². The molecule has 0 bridgehead atoms. The Morgan fingerprint density at radius 3 is 2.63 bits per heavy atom. The number of benzene rings is 1. The molecule has 1 aliphatic rings. The Morgan fingerprint density at radius 1 is 1.37 bits per heavy atom. The Morgan fingerprint density at radius 2 is 2.11 bits per heavy atom. The van der Waals surface area contributed by atoms with E-state index in [1.54, 1.807) is 24.3 Å². The zero-order chi connectivity index (χ0) is 13.9. The molecule has 1 aromatic rings. The van der Waals surface area contributed by atoms with Gasteiger partial charge in [-0.3, -0.25) is 9.59 Å². The second-order valence-electron chi connectivity index (χ2n) is 4.78. The van der Waals surface area contributed by atoms with Gasteiger partial charge in [-0.2, -0.15) is 0 Å². The minimum Gasteiger partial charge on any atom is -0.487 e. The van der Waals surface area contributed by atoms with Crippen LogP contribution in [0, 0.1) is 0 Å². The van der Waals surface area contributed by atoms with Crippen molar-refractivity contribution in [2.45, 2.75) is 31.3 Å². The zero-order valence-corrected chi connectivity index (χ0v) is 10.8. The lowest BCUT2D eigenvalue weighted by Crippen LogP contribution is -2.45. The second kappa shape index (κ2) is 5.30. The van der Waals surface area contributed by atoms with Crippen molar-refractivity contribution in [3.8, 4) is 5.75 Å². The lowest BCUT2D eigenvalue weighted by Gasteiger charge is -2.41. The highest BCUT2D eigenvalue weighted by atomic mass is 16.5. The van der Waals surface area contributed by atoms with Gasteiger partial charge in [0.25, 0.3) is 0 Å². The maximum Gasteiger partial charge on any atom is 0.309 e. The van der Waals surface area contributed by atoms with Crippen LogP contribution in [0.5, 0.6) is 5.75 Å². The molecule has 1 amide bonds. The van der Waals surface area contributed by atoms with Crippen LogP contribution in [0.4, 0.5) is 0 Å². The fourth-order valence-electron chi connectivity index (χ4n) is 2.18. The molecule has 0 aromatic heterocycles. The number of nitrogens with two attached hydrogens (primary N) is 1. The first kappa shape index (κ1) is 13.4. The number of primary amides is 1. The highest BCUT2D eigenvalue weighted by molar-refractivity contribution is 5.93. The molecule has 0 saturated heterocycles. The molecule has 102 valence electrons. The minimum atomic E-state index is -0.499. The van der Waals surface area contributed by atoms with E-state index in [2.05, 4.69) is 4.74 Å². The Kier molecular flexibility index (Phi) is 3.74. The van der Waals surface area contributed by atoms with E-state index in [-0.39, 0.29) is 12.4 Å². The van der Waals surface area contributed by atoms with Gasteiger partial charge in [0.05, 0.1) is 13.5 Å². The van der Waals surface area contributed by atoms with Crippen LogP contribution >= 0.6 is 0 Å². The Bertz CT molecular complexity index is 494. The lowest BCUT2D eigenvalue weighted by molar-refractivity contribution is -0.148. The molecule has 0 spiro atoms. The van der Waals surface area contributed by atoms with E-state index in [1.165, 1.54) is 7.11 Å². The SMILES string of the molecule is COC(=O)CC1(Oc2cccc(C(N)=O)c2)CCC1. The van der Waals surface area contributed by atoms with Gasteiger partial charge in [-0.15, -0.1) is 0 Å². The summed E-state index contributed by atoms with van der Waals surface area (Å²) < 4.78 is 10.6. The maximum absolute atomic E-state index is 11.4. The number of esters is 1. The predicted molar refractivity (Wildman–Crippen MR) is 68.8 cm³/mol. The predicted octanol–water partition coefficient (Wildman–Crippen LogP) is 1.65. The molecule has 0 radical (unpaired) electrons. The highest BCUT2D eigenvalue weighted by Crippen LogP contribution is 2.39. The average molecular weight is 263 g/mol. The third-order valence-corrected chi connectivity index (χ3v) is 3.41. The molecule has 2 rings (SSSR count). The Labute approximate surface area is 111 Å². The Hall–Kier alpha value is -2.04. The van der Waals surface area contributed by atoms with Gasteiger partial charge in [0.15, 0.2) is 0 Å². The molecule has 1 saturated carbocycles. The first-order valence-corrected chi connectivity index (χ1v) is 6.20. The summed E-state index contributed by atoms with van der Waals surface area (Å²) in [7, 11) is 1.36. The van der Waals surface area contributed by atoms with Gasteiger partial charge in [0.2, 0.25) is 5.91 Å². The summed E-state index contributed by atoms with van der Waals surface area (Å²) >= 11 is 0. The molecule has 1 aliphatic carbocycles. The number of hydrogen-bond acceptors (Lipinski definition) is 4. The molecule has 1 aromatic carbocycles. The van der Waals surface area contributed by atoms with Gasteiger partial charge >= 0.3 is 5.97 Å². The lowest BCUT2D eigenvalue weighted by atomic mass is 9.77. The number of methoxy groups -OCH3 is 1. The molecule has 19 heavy (non-hydrogen) atoms. The molecule has 2 N–H and O–H groups in total. The van der Waals surface area contributed by atoms with Gasteiger partial charge in [-0.1, -0.05) is 6.07 Å². The van der Waals surface area contributed by atoms with Gasteiger partial charge in [0, 0.05) is 5.56 Å². The monoisotopic (exact) mass is 263 g/mol.